The Kier molecular flexibility index (Phi) is 6.04. The van der Waals surface area contributed by atoms with Crippen LogP contribution in [-0.2, 0) is 0 Å². The molecule has 3 heteroatoms. The summed E-state index contributed by atoms with van der Waals surface area (Å²) in [6.07, 6.45) is 0.875. The molecule has 0 heterocycles. The van der Waals surface area contributed by atoms with E-state index in [-0.39, 0.29) is 5.92 Å². The highest BCUT2D eigenvalue weighted by atomic mass is 35.5. The van der Waals surface area contributed by atoms with E-state index in [2.05, 4.69) is 24.8 Å². The lowest BCUT2D eigenvalue weighted by atomic mass is 9.97. The number of rotatable bonds is 6. The van der Waals surface area contributed by atoms with Gasteiger partial charge in [-0.3, -0.25) is 0 Å². The average molecular weight is 251 g/mol. The maximum absolute atomic E-state index is 9.21. The highest BCUT2D eigenvalue weighted by Gasteiger charge is 2.11. The molecule has 0 saturated heterocycles. The van der Waals surface area contributed by atoms with Crippen LogP contribution in [0.5, 0.6) is 0 Å². The van der Waals surface area contributed by atoms with Crippen molar-refractivity contribution in [2.75, 3.05) is 19.6 Å². The van der Waals surface area contributed by atoms with E-state index >= 15 is 0 Å². The summed E-state index contributed by atoms with van der Waals surface area (Å²) in [7, 11) is 0. The fourth-order valence-electron chi connectivity index (χ4n) is 1.85. The van der Waals surface area contributed by atoms with Crippen molar-refractivity contribution in [3.8, 4) is 6.07 Å². The average Bonchev–Trinajstić information content (AvgIpc) is 2.36. The van der Waals surface area contributed by atoms with Crippen molar-refractivity contribution >= 4 is 11.6 Å². The van der Waals surface area contributed by atoms with Gasteiger partial charge >= 0.3 is 0 Å². The molecule has 0 aromatic heterocycles. The van der Waals surface area contributed by atoms with Crippen molar-refractivity contribution in [3.05, 3.63) is 34.9 Å². The van der Waals surface area contributed by atoms with Crippen LogP contribution in [0, 0.1) is 11.3 Å². The van der Waals surface area contributed by atoms with Crippen LogP contribution in [0.25, 0.3) is 0 Å². The minimum absolute atomic E-state index is 0.0344. The molecule has 0 radical (unpaired) electrons. The predicted octanol–water partition coefficient (Wildman–Crippen LogP) is 3.68. The van der Waals surface area contributed by atoms with E-state index in [0.29, 0.717) is 5.02 Å². The maximum atomic E-state index is 9.21. The summed E-state index contributed by atoms with van der Waals surface area (Å²) in [6.45, 7) is 7.33. The number of nitrogens with zero attached hydrogens (tertiary/aromatic N) is 2. The third-order valence-electron chi connectivity index (χ3n) is 3.06. The highest BCUT2D eigenvalue weighted by molar-refractivity contribution is 6.30. The Balaban J connectivity index is 2.60. The second-order valence-corrected chi connectivity index (χ2v) is 4.49. The topological polar surface area (TPSA) is 27.0 Å². The molecule has 0 N–H and O–H groups in total. The standard InChI is InChI=1S/C14H19ClN2/c1-3-17(4-2)10-9-13(11-16)12-5-7-14(15)8-6-12/h5-8,13H,3-4,9-10H2,1-2H3. The van der Waals surface area contributed by atoms with Gasteiger partial charge in [0, 0.05) is 5.02 Å². The van der Waals surface area contributed by atoms with Crippen LogP contribution in [0.15, 0.2) is 24.3 Å². The Labute approximate surface area is 109 Å². The zero-order valence-corrected chi connectivity index (χ0v) is 11.2. The van der Waals surface area contributed by atoms with Crippen LogP contribution in [-0.4, -0.2) is 24.5 Å². The molecule has 0 saturated carbocycles. The molecule has 1 aromatic rings. The molecule has 0 bridgehead atoms. The number of hydrogen-bond acceptors (Lipinski definition) is 2. The third kappa shape index (κ3) is 4.38. The van der Waals surface area contributed by atoms with Gasteiger partial charge in [0.15, 0.2) is 0 Å². The van der Waals surface area contributed by atoms with Crippen LogP contribution >= 0.6 is 11.6 Å². The van der Waals surface area contributed by atoms with E-state index in [9.17, 15) is 5.26 Å². The minimum atomic E-state index is -0.0344. The number of hydrogen-bond donors (Lipinski definition) is 0. The van der Waals surface area contributed by atoms with Gasteiger partial charge in [0.2, 0.25) is 0 Å². The third-order valence-corrected chi connectivity index (χ3v) is 3.31. The lowest BCUT2D eigenvalue weighted by Gasteiger charge is -2.19. The first-order valence-electron chi connectivity index (χ1n) is 6.08. The quantitative estimate of drug-likeness (QED) is 0.770. The number of benzene rings is 1. The van der Waals surface area contributed by atoms with Crippen LogP contribution in [0.1, 0.15) is 31.7 Å². The molecule has 17 heavy (non-hydrogen) atoms. The van der Waals surface area contributed by atoms with Crippen molar-refractivity contribution in [1.29, 1.82) is 5.26 Å². The van der Waals surface area contributed by atoms with Gasteiger partial charge < -0.3 is 4.90 Å². The molecular weight excluding hydrogens is 232 g/mol. The smallest absolute Gasteiger partial charge is 0.0724 e. The lowest BCUT2D eigenvalue weighted by molar-refractivity contribution is 0.296. The molecule has 1 aromatic carbocycles. The van der Waals surface area contributed by atoms with Crippen molar-refractivity contribution < 1.29 is 0 Å². The summed E-state index contributed by atoms with van der Waals surface area (Å²) in [5.74, 6) is -0.0344. The van der Waals surface area contributed by atoms with Crippen LogP contribution in [0.2, 0.25) is 5.02 Å². The molecule has 0 aliphatic heterocycles. The van der Waals surface area contributed by atoms with Crippen LogP contribution < -0.4 is 0 Å². The van der Waals surface area contributed by atoms with E-state index < -0.39 is 0 Å². The van der Waals surface area contributed by atoms with Gasteiger partial charge in [0.1, 0.15) is 0 Å². The van der Waals surface area contributed by atoms with Gasteiger partial charge in [-0.05, 0) is 43.8 Å². The molecule has 0 amide bonds. The summed E-state index contributed by atoms with van der Waals surface area (Å²) < 4.78 is 0. The summed E-state index contributed by atoms with van der Waals surface area (Å²) in [5, 5.41) is 9.92. The molecule has 1 rings (SSSR count). The predicted molar refractivity (Wildman–Crippen MR) is 72.2 cm³/mol. The second-order valence-electron chi connectivity index (χ2n) is 4.05. The molecule has 0 fully saturated rings. The lowest BCUT2D eigenvalue weighted by Crippen LogP contribution is -2.25. The zero-order valence-electron chi connectivity index (χ0n) is 10.5. The van der Waals surface area contributed by atoms with Crippen molar-refractivity contribution in [2.24, 2.45) is 0 Å². The normalized spacial score (nSPS) is 12.4. The molecule has 0 spiro atoms. The van der Waals surface area contributed by atoms with Gasteiger partial charge in [-0.1, -0.05) is 37.6 Å². The van der Waals surface area contributed by atoms with E-state index in [0.717, 1.165) is 31.6 Å². The molecule has 0 aliphatic rings. The van der Waals surface area contributed by atoms with Crippen LogP contribution in [0.3, 0.4) is 0 Å². The van der Waals surface area contributed by atoms with Gasteiger partial charge in [-0.2, -0.15) is 5.26 Å². The fourth-order valence-corrected chi connectivity index (χ4v) is 1.98. The molecule has 2 nitrogen and oxygen atoms in total. The fraction of sp³-hybridized carbons (Fsp3) is 0.500. The van der Waals surface area contributed by atoms with Crippen LogP contribution in [0.4, 0.5) is 0 Å². The van der Waals surface area contributed by atoms with Gasteiger partial charge in [-0.25, -0.2) is 0 Å². The molecular formula is C14H19ClN2. The molecule has 1 atom stereocenters. The Morgan fingerprint density at radius 2 is 1.82 bits per heavy atom. The van der Waals surface area contributed by atoms with Crippen molar-refractivity contribution in [2.45, 2.75) is 26.2 Å². The first kappa shape index (κ1) is 14.0. The van der Waals surface area contributed by atoms with Gasteiger partial charge in [0.25, 0.3) is 0 Å². The highest BCUT2D eigenvalue weighted by Crippen LogP contribution is 2.21. The number of nitriles is 1. The number of halogens is 1. The van der Waals surface area contributed by atoms with E-state index in [4.69, 9.17) is 11.6 Å². The second kappa shape index (κ2) is 7.32. The minimum Gasteiger partial charge on any atom is -0.304 e. The molecule has 1 unspecified atom stereocenters. The SMILES string of the molecule is CCN(CC)CCC(C#N)c1ccc(Cl)cc1. The van der Waals surface area contributed by atoms with Gasteiger partial charge in [-0.15, -0.1) is 0 Å². The van der Waals surface area contributed by atoms with Gasteiger partial charge in [0.05, 0.1) is 12.0 Å². The zero-order chi connectivity index (χ0) is 12.7. The first-order valence-corrected chi connectivity index (χ1v) is 6.46. The van der Waals surface area contributed by atoms with E-state index in [1.54, 1.807) is 0 Å². The monoisotopic (exact) mass is 250 g/mol. The summed E-state index contributed by atoms with van der Waals surface area (Å²) in [4.78, 5) is 2.33. The Bertz CT molecular complexity index is 363. The summed E-state index contributed by atoms with van der Waals surface area (Å²) >= 11 is 5.84. The Morgan fingerprint density at radius 3 is 2.29 bits per heavy atom. The maximum Gasteiger partial charge on any atom is 0.0724 e. The molecule has 92 valence electrons. The summed E-state index contributed by atoms with van der Waals surface area (Å²) in [6, 6.07) is 9.95. The van der Waals surface area contributed by atoms with Crippen molar-refractivity contribution in [3.63, 3.8) is 0 Å². The first-order chi connectivity index (χ1) is 8.21. The Hall–Kier alpha value is -1.04. The van der Waals surface area contributed by atoms with E-state index in [1.165, 1.54) is 0 Å². The van der Waals surface area contributed by atoms with E-state index in [1.807, 2.05) is 24.3 Å². The Morgan fingerprint density at radius 1 is 1.24 bits per heavy atom. The van der Waals surface area contributed by atoms with Crippen molar-refractivity contribution in [1.82, 2.24) is 4.90 Å². The summed E-state index contributed by atoms with van der Waals surface area (Å²) in [5.41, 5.74) is 1.06. The largest absolute Gasteiger partial charge is 0.304 e. The molecule has 0 aliphatic carbocycles.